The van der Waals surface area contributed by atoms with Gasteiger partial charge in [0.25, 0.3) is 0 Å². The monoisotopic (exact) mass is 809 g/mol. The Morgan fingerprint density at radius 3 is 2.06 bits per heavy atom. The van der Waals surface area contributed by atoms with E-state index in [-0.39, 0.29) is 22.3 Å². The van der Waals surface area contributed by atoms with Crippen LogP contribution in [0.2, 0.25) is 0 Å². The first-order valence-corrected chi connectivity index (χ1v) is 20.3. The fourth-order valence-corrected chi connectivity index (χ4v) is 8.85. The zero-order valence-electron chi connectivity index (χ0n) is 42.1. The molecule has 0 atom stereocenters. The van der Waals surface area contributed by atoms with Crippen molar-refractivity contribution in [3.8, 4) is 62.2 Å². The second kappa shape index (κ2) is 14.3. The molecule has 10 aromatic rings. The first-order chi connectivity index (χ1) is 34.2. The molecule has 0 amide bonds. The fraction of sp³-hybridized carbons (Fsp3) is 0.0536. The van der Waals surface area contributed by atoms with Gasteiger partial charge in [-0.15, -0.1) is 0 Å². The quantitative estimate of drug-likeness (QED) is 0.165. The van der Waals surface area contributed by atoms with Gasteiger partial charge >= 0.3 is 0 Å². The Labute approximate surface area is 372 Å². The summed E-state index contributed by atoms with van der Waals surface area (Å²) >= 11 is 0. The topological polar surface area (TPSA) is 42.8 Å². The van der Waals surface area contributed by atoms with Gasteiger partial charge < -0.3 is 19.3 Å². The molecule has 12 bridgehead atoms. The van der Waals surface area contributed by atoms with Crippen LogP contribution in [0.3, 0.4) is 0 Å². The van der Waals surface area contributed by atoms with E-state index in [9.17, 15) is 2.74 Å². The lowest BCUT2D eigenvalue weighted by atomic mass is 9.94. The van der Waals surface area contributed by atoms with Gasteiger partial charge in [-0.05, 0) is 115 Å². The minimum Gasteiger partial charge on any atom is -0.457 e. The maximum Gasteiger partial charge on any atom is 0.137 e. The summed E-state index contributed by atoms with van der Waals surface area (Å²) in [5.74, 6) is 2.10. The number of aromatic nitrogens is 2. The van der Waals surface area contributed by atoms with Crippen LogP contribution in [0.1, 0.15) is 23.5 Å². The van der Waals surface area contributed by atoms with Crippen LogP contribution in [0.5, 0.6) is 23.0 Å². The molecule has 0 N–H and O–H groups in total. The van der Waals surface area contributed by atoms with Crippen LogP contribution in [0.4, 0.5) is 22.7 Å². The van der Waals surface area contributed by atoms with Gasteiger partial charge in [-0.25, -0.2) is 4.98 Å². The average molecular weight is 810 g/mol. The van der Waals surface area contributed by atoms with Crippen molar-refractivity contribution >= 4 is 44.6 Å². The molecule has 0 fully saturated rings. The normalized spacial score (nSPS) is 15.3. The molecule has 6 nitrogen and oxygen atoms in total. The SMILES string of the molecule is [2H]c1c(C([2H])([2H])[2H])c([2H])c2c3ccc4cc3n(c2c1[2H])-c1cc(C([2H])([2H])[2H])c(cn1)-c1ccc(cc1)Oc1cccc(c1)-c1cccc(-c2ccccc2)c1N1CN(c2cccc(c2)O4)c2ccccc21. The van der Waals surface area contributed by atoms with Crippen LogP contribution < -0.4 is 19.3 Å². The van der Waals surface area contributed by atoms with Crippen molar-refractivity contribution in [1.29, 1.82) is 0 Å². The molecule has 8 aromatic carbocycles. The molecule has 0 spiro atoms. The lowest BCUT2D eigenvalue weighted by molar-refractivity contribution is 0.483. The second-order valence-corrected chi connectivity index (χ2v) is 15.4. The van der Waals surface area contributed by atoms with E-state index in [4.69, 9.17) is 24.1 Å². The summed E-state index contributed by atoms with van der Waals surface area (Å²) in [5, 5.41) is 0.513. The molecule has 296 valence electrons. The molecule has 4 aliphatic heterocycles. The summed E-state index contributed by atoms with van der Waals surface area (Å²) in [5.41, 5.74) is 8.64. The summed E-state index contributed by atoms with van der Waals surface area (Å²) in [4.78, 5) is 9.39. The van der Waals surface area contributed by atoms with Crippen molar-refractivity contribution in [1.82, 2.24) is 9.55 Å². The van der Waals surface area contributed by atoms with Crippen molar-refractivity contribution in [3.05, 3.63) is 205 Å². The van der Waals surface area contributed by atoms with Crippen molar-refractivity contribution in [2.24, 2.45) is 0 Å². The highest BCUT2D eigenvalue weighted by Crippen LogP contribution is 2.51. The van der Waals surface area contributed by atoms with Crippen molar-refractivity contribution in [2.45, 2.75) is 13.7 Å². The van der Waals surface area contributed by atoms with E-state index in [1.165, 1.54) is 16.8 Å². The Kier molecular flexibility index (Phi) is 6.36. The van der Waals surface area contributed by atoms with Crippen LogP contribution in [0.15, 0.2) is 194 Å². The van der Waals surface area contributed by atoms with E-state index in [2.05, 4.69) is 58.3 Å². The Hall–Kier alpha value is -8.09. The van der Waals surface area contributed by atoms with Crippen molar-refractivity contribution in [3.63, 3.8) is 0 Å². The Balaban J connectivity index is 1.10. The number of para-hydroxylation sites is 3. The number of benzene rings is 8. The van der Waals surface area contributed by atoms with Gasteiger partial charge in [0.2, 0.25) is 0 Å². The van der Waals surface area contributed by atoms with Gasteiger partial charge in [-0.3, -0.25) is 4.57 Å². The summed E-state index contributed by atoms with van der Waals surface area (Å²) in [6, 6.07) is 52.9. The number of hydrogen-bond acceptors (Lipinski definition) is 5. The molecule has 0 saturated carbocycles. The van der Waals surface area contributed by atoms with Gasteiger partial charge in [0.15, 0.2) is 0 Å². The summed E-state index contributed by atoms with van der Waals surface area (Å²) in [6.45, 7) is -5.05. The van der Waals surface area contributed by atoms with Gasteiger partial charge in [0, 0.05) is 59.7 Å². The molecule has 62 heavy (non-hydrogen) atoms. The number of fused-ring (bicyclic) bond motifs is 5. The van der Waals surface area contributed by atoms with Crippen LogP contribution in [-0.4, -0.2) is 16.2 Å². The van der Waals surface area contributed by atoms with Crippen LogP contribution >= 0.6 is 0 Å². The highest BCUT2D eigenvalue weighted by Gasteiger charge is 2.31. The third kappa shape index (κ3) is 5.99. The number of ether oxygens (including phenoxy) is 2. The van der Waals surface area contributed by atoms with Gasteiger partial charge in [-0.2, -0.15) is 0 Å². The molecule has 0 aliphatic carbocycles. The molecule has 6 heterocycles. The molecule has 6 heteroatoms. The standard InChI is InChI=1S/C56H40N4O2/c1-36-21-28-51-49(29-36)48-27-26-45-33-54(48)60(51)55-30-37(2)50(34-57-55)39-22-24-42(25-23-39)61-43-15-8-13-40(31-43)47-18-10-17-46(38-11-4-3-5-12-38)56(47)59-35-58(52-19-6-7-20-53(52)59)41-14-9-16-44(32-41)62-45/h3-34H,35H2,1-2H3/i1D3,2D3,21D,28D,29D. The first-order valence-electron chi connectivity index (χ1n) is 24.8. The highest BCUT2D eigenvalue weighted by atomic mass is 16.5. The lowest BCUT2D eigenvalue weighted by Crippen LogP contribution is -2.25. The minimum atomic E-state index is -2.86. The maximum atomic E-state index is 9.27. The third-order valence-electron chi connectivity index (χ3n) is 11.7. The third-order valence-corrected chi connectivity index (χ3v) is 11.7. The highest BCUT2D eigenvalue weighted by molar-refractivity contribution is 6.10. The number of hydrogen-bond donors (Lipinski definition) is 0. The van der Waals surface area contributed by atoms with Gasteiger partial charge in [0.05, 0.1) is 32.2 Å². The van der Waals surface area contributed by atoms with Crippen molar-refractivity contribution < 1.29 is 21.8 Å². The molecule has 0 saturated heterocycles. The fourth-order valence-electron chi connectivity index (χ4n) is 8.85. The van der Waals surface area contributed by atoms with Crippen molar-refractivity contribution in [2.75, 3.05) is 16.5 Å². The maximum absolute atomic E-state index is 9.27. The molecule has 0 unspecified atom stereocenters. The molecule has 2 aromatic heterocycles. The van der Waals surface area contributed by atoms with E-state index < -0.39 is 37.4 Å². The number of nitrogens with zero attached hydrogens (tertiary/aromatic N) is 4. The first kappa shape index (κ1) is 27.6. The number of pyridine rings is 1. The molecule has 4 aliphatic rings. The van der Waals surface area contributed by atoms with E-state index in [1.807, 2.05) is 72.8 Å². The smallest absolute Gasteiger partial charge is 0.137 e. The zero-order chi connectivity index (χ0) is 48.9. The molecule has 0 radical (unpaired) electrons. The average Bonchev–Trinajstić information content (AvgIpc) is 3.92. The van der Waals surface area contributed by atoms with E-state index >= 15 is 0 Å². The van der Waals surface area contributed by atoms with E-state index in [1.54, 1.807) is 42.5 Å². The summed E-state index contributed by atoms with van der Waals surface area (Å²) in [6.07, 6.45) is 1.46. The Bertz CT molecular complexity index is 3780. The van der Waals surface area contributed by atoms with E-state index in [0.717, 1.165) is 45.0 Å². The lowest BCUT2D eigenvalue weighted by Gasteiger charge is -2.27. The molecular formula is C56H40N4O2. The van der Waals surface area contributed by atoms with Crippen LogP contribution in [0, 0.1) is 13.7 Å². The van der Waals surface area contributed by atoms with Crippen LogP contribution in [-0.2, 0) is 0 Å². The van der Waals surface area contributed by atoms with E-state index in [0.29, 0.717) is 51.7 Å². The summed E-state index contributed by atoms with van der Waals surface area (Å²) in [7, 11) is 0. The Morgan fingerprint density at radius 1 is 0.532 bits per heavy atom. The minimum absolute atomic E-state index is 0.0356. The number of anilines is 4. The predicted molar refractivity (Wildman–Crippen MR) is 253 cm³/mol. The number of rotatable bonds is 1. The Morgan fingerprint density at radius 2 is 1.23 bits per heavy atom. The predicted octanol–water partition coefficient (Wildman–Crippen LogP) is 14.9. The largest absolute Gasteiger partial charge is 0.457 e. The molecular weight excluding hydrogens is 761 g/mol. The number of aryl methyl sites for hydroxylation is 1. The van der Waals surface area contributed by atoms with Gasteiger partial charge in [-0.1, -0.05) is 103 Å². The zero-order valence-corrected chi connectivity index (χ0v) is 33.1. The summed E-state index contributed by atoms with van der Waals surface area (Å²) < 4.78 is 93.1. The second-order valence-electron chi connectivity index (χ2n) is 15.4. The van der Waals surface area contributed by atoms with Gasteiger partial charge in [0.1, 0.15) is 35.5 Å². The van der Waals surface area contributed by atoms with Crippen LogP contribution in [0.25, 0.3) is 61.0 Å². The molecule has 14 rings (SSSR count).